The van der Waals surface area contributed by atoms with Crippen LogP contribution in [-0.2, 0) is 0 Å². The normalized spacial score (nSPS) is 19.1. The van der Waals surface area contributed by atoms with E-state index in [9.17, 15) is 0 Å². The van der Waals surface area contributed by atoms with Crippen LogP contribution in [0.2, 0.25) is 5.02 Å². The van der Waals surface area contributed by atoms with Crippen LogP contribution in [-0.4, -0.2) is 12.1 Å². The van der Waals surface area contributed by atoms with E-state index in [4.69, 9.17) is 22.1 Å². The number of benzene rings is 1. The second-order valence-corrected chi connectivity index (χ2v) is 4.59. The van der Waals surface area contributed by atoms with Crippen molar-refractivity contribution in [2.45, 2.75) is 31.3 Å². The van der Waals surface area contributed by atoms with Crippen molar-refractivity contribution in [3.8, 4) is 5.75 Å². The Morgan fingerprint density at radius 3 is 2.33 bits per heavy atom. The van der Waals surface area contributed by atoms with Gasteiger partial charge in [0.25, 0.3) is 0 Å². The number of halogens is 1. The van der Waals surface area contributed by atoms with Gasteiger partial charge in [0, 0.05) is 11.6 Å². The van der Waals surface area contributed by atoms with Crippen molar-refractivity contribution in [3.05, 3.63) is 29.3 Å². The average molecular weight is 226 g/mol. The summed E-state index contributed by atoms with van der Waals surface area (Å²) in [5, 5.41) is 0.732. The first-order valence-electron chi connectivity index (χ1n) is 5.39. The van der Waals surface area contributed by atoms with Crippen molar-refractivity contribution in [3.63, 3.8) is 0 Å². The Balaban J connectivity index is 2.09. The predicted molar refractivity (Wildman–Crippen MR) is 62.3 cm³/mol. The van der Waals surface area contributed by atoms with E-state index < -0.39 is 0 Å². The fraction of sp³-hybridized carbons (Fsp3) is 0.500. The molecule has 2 nitrogen and oxygen atoms in total. The summed E-state index contributed by atoms with van der Waals surface area (Å²) in [6, 6.07) is 7.49. The van der Waals surface area contributed by atoms with E-state index in [1.807, 2.05) is 24.3 Å². The van der Waals surface area contributed by atoms with Crippen LogP contribution in [0.4, 0.5) is 0 Å². The molecule has 1 aliphatic carbocycles. The Bertz CT molecular complexity index is 317. The van der Waals surface area contributed by atoms with Gasteiger partial charge in [0.1, 0.15) is 11.4 Å². The van der Waals surface area contributed by atoms with Gasteiger partial charge >= 0.3 is 0 Å². The molecule has 0 atom stereocenters. The van der Waals surface area contributed by atoms with E-state index in [1.54, 1.807) is 0 Å². The predicted octanol–water partition coefficient (Wildman–Crippen LogP) is 2.99. The van der Waals surface area contributed by atoms with E-state index in [1.165, 1.54) is 12.8 Å². The minimum Gasteiger partial charge on any atom is -0.486 e. The molecule has 1 aromatic rings. The van der Waals surface area contributed by atoms with Gasteiger partial charge in [0.15, 0.2) is 0 Å². The molecule has 0 amide bonds. The summed E-state index contributed by atoms with van der Waals surface area (Å²) >= 11 is 5.82. The van der Waals surface area contributed by atoms with Crippen molar-refractivity contribution in [2.75, 3.05) is 6.54 Å². The van der Waals surface area contributed by atoms with E-state index in [2.05, 4.69) is 0 Å². The van der Waals surface area contributed by atoms with Crippen LogP contribution in [0.25, 0.3) is 0 Å². The molecule has 0 bridgehead atoms. The second-order valence-electron chi connectivity index (χ2n) is 4.15. The second kappa shape index (κ2) is 4.42. The fourth-order valence-electron chi connectivity index (χ4n) is 2.12. The molecular weight excluding hydrogens is 210 g/mol. The zero-order valence-electron chi connectivity index (χ0n) is 8.71. The largest absolute Gasteiger partial charge is 0.486 e. The summed E-state index contributed by atoms with van der Waals surface area (Å²) < 4.78 is 5.98. The van der Waals surface area contributed by atoms with Crippen LogP contribution in [0.3, 0.4) is 0 Å². The molecule has 1 aliphatic rings. The van der Waals surface area contributed by atoms with Crippen molar-refractivity contribution in [2.24, 2.45) is 5.73 Å². The molecule has 0 saturated heterocycles. The highest BCUT2D eigenvalue weighted by Gasteiger charge is 2.34. The van der Waals surface area contributed by atoms with Gasteiger partial charge in [-0.2, -0.15) is 0 Å². The molecule has 3 heteroatoms. The zero-order valence-corrected chi connectivity index (χ0v) is 9.46. The van der Waals surface area contributed by atoms with Crippen molar-refractivity contribution < 1.29 is 4.74 Å². The van der Waals surface area contributed by atoms with Gasteiger partial charge in [-0.1, -0.05) is 11.6 Å². The van der Waals surface area contributed by atoms with Gasteiger partial charge < -0.3 is 10.5 Å². The maximum Gasteiger partial charge on any atom is 0.121 e. The SMILES string of the molecule is NCC1(Oc2ccc(Cl)cc2)CCCC1. The zero-order chi connectivity index (χ0) is 10.7. The van der Waals surface area contributed by atoms with E-state index >= 15 is 0 Å². The summed E-state index contributed by atoms with van der Waals surface area (Å²) in [4.78, 5) is 0. The number of nitrogens with two attached hydrogens (primary N) is 1. The van der Waals surface area contributed by atoms with Crippen LogP contribution in [0.1, 0.15) is 25.7 Å². The van der Waals surface area contributed by atoms with Crippen LogP contribution in [0.5, 0.6) is 5.75 Å². The molecule has 0 unspecified atom stereocenters. The summed E-state index contributed by atoms with van der Waals surface area (Å²) in [5.41, 5.74) is 5.66. The molecule has 0 aromatic heterocycles. The fourth-order valence-corrected chi connectivity index (χ4v) is 2.25. The van der Waals surface area contributed by atoms with Gasteiger partial charge in [-0.15, -0.1) is 0 Å². The Labute approximate surface area is 95.4 Å². The lowest BCUT2D eigenvalue weighted by Crippen LogP contribution is -2.40. The molecule has 82 valence electrons. The van der Waals surface area contributed by atoms with E-state index in [0.717, 1.165) is 23.6 Å². The van der Waals surface area contributed by atoms with Crippen molar-refractivity contribution >= 4 is 11.6 Å². The van der Waals surface area contributed by atoms with Gasteiger partial charge in [-0.3, -0.25) is 0 Å². The molecular formula is C12H16ClNO. The first-order valence-corrected chi connectivity index (χ1v) is 5.77. The highest BCUT2D eigenvalue weighted by atomic mass is 35.5. The highest BCUT2D eigenvalue weighted by molar-refractivity contribution is 6.30. The smallest absolute Gasteiger partial charge is 0.121 e. The van der Waals surface area contributed by atoms with Crippen LogP contribution < -0.4 is 10.5 Å². The first-order chi connectivity index (χ1) is 7.24. The number of rotatable bonds is 3. The number of hydrogen-bond acceptors (Lipinski definition) is 2. The molecule has 1 fully saturated rings. The first kappa shape index (κ1) is 10.8. The third-order valence-corrected chi connectivity index (χ3v) is 3.29. The minimum absolute atomic E-state index is 0.131. The summed E-state index contributed by atoms with van der Waals surface area (Å²) in [6.07, 6.45) is 4.55. The Morgan fingerprint density at radius 2 is 1.80 bits per heavy atom. The molecule has 2 rings (SSSR count). The summed E-state index contributed by atoms with van der Waals surface area (Å²) in [7, 11) is 0. The number of ether oxygens (including phenoxy) is 1. The van der Waals surface area contributed by atoms with Crippen molar-refractivity contribution in [1.82, 2.24) is 0 Å². The maximum atomic E-state index is 5.98. The molecule has 1 saturated carbocycles. The third-order valence-electron chi connectivity index (χ3n) is 3.03. The van der Waals surface area contributed by atoms with E-state index in [0.29, 0.717) is 6.54 Å². The van der Waals surface area contributed by atoms with Crippen LogP contribution in [0.15, 0.2) is 24.3 Å². The van der Waals surface area contributed by atoms with Crippen molar-refractivity contribution in [1.29, 1.82) is 0 Å². The molecule has 0 radical (unpaired) electrons. The molecule has 0 spiro atoms. The lowest BCUT2D eigenvalue weighted by atomic mass is 10.0. The minimum atomic E-state index is -0.131. The number of hydrogen-bond donors (Lipinski definition) is 1. The van der Waals surface area contributed by atoms with Gasteiger partial charge in [0.05, 0.1) is 0 Å². The standard InChI is InChI=1S/C12H16ClNO/c13-10-3-5-11(6-4-10)15-12(9-14)7-1-2-8-12/h3-6H,1-2,7-9,14H2. The quantitative estimate of drug-likeness (QED) is 0.859. The van der Waals surface area contributed by atoms with Crippen LogP contribution in [0, 0.1) is 0 Å². The molecule has 0 aliphatic heterocycles. The van der Waals surface area contributed by atoms with Gasteiger partial charge in [-0.05, 0) is 49.9 Å². The Hall–Kier alpha value is -0.730. The van der Waals surface area contributed by atoms with Gasteiger partial charge in [0.2, 0.25) is 0 Å². The highest BCUT2D eigenvalue weighted by Crippen LogP contribution is 2.33. The molecule has 0 heterocycles. The monoisotopic (exact) mass is 225 g/mol. The lowest BCUT2D eigenvalue weighted by molar-refractivity contribution is 0.0853. The van der Waals surface area contributed by atoms with E-state index in [-0.39, 0.29) is 5.60 Å². The topological polar surface area (TPSA) is 35.2 Å². The molecule has 15 heavy (non-hydrogen) atoms. The summed E-state index contributed by atoms with van der Waals surface area (Å²) in [6.45, 7) is 0.593. The Kier molecular flexibility index (Phi) is 3.17. The third kappa shape index (κ3) is 2.44. The summed E-state index contributed by atoms with van der Waals surface area (Å²) in [5.74, 6) is 0.867. The lowest BCUT2D eigenvalue weighted by Gasteiger charge is -2.28. The average Bonchev–Trinajstić information content (AvgIpc) is 2.71. The Morgan fingerprint density at radius 1 is 1.20 bits per heavy atom. The van der Waals surface area contributed by atoms with Crippen LogP contribution >= 0.6 is 11.6 Å². The molecule has 1 aromatic carbocycles. The maximum absolute atomic E-state index is 5.98. The van der Waals surface area contributed by atoms with Gasteiger partial charge in [-0.25, -0.2) is 0 Å². The molecule has 2 N–H and O–H groups in total.